The van der Waals surface area contributed by atoms with Crippen molar-refractivity contribution in [3.05, 3.63) is 71.8 Å². The molecule has 2 aliphatic rings. The fourth-order valence-corrected chi connectivity index (χ4v) is 2.39. The zero-order valence-corrected chi connectivity index (χ0v) is 10.2. The lowest BCUT2D eigenvalue weighted by molar-refractivity contribution is -0.0307. The molecule has 0 amide bonds. The lowest BCUT2D eigenvalue weighted by Gasteiger charge is -2.35. The maximum atomic E-state index is 6.02. The van der Waals surface area contributed by atoms with Crippen molar-refractivity contribution in [2.75, 3.05) is 0 Å². The van der Waals surface area contributed by atoms with Gasteiger partial charge in [0, 0.05) is 23.3 Å². The molecular weight excluding hydrogens is 236 g/mol. The molecule has 92 valence electrons. The van der Waals surface area contributed by atoms with Crippen LogP contribution in [-0.4, -0.2) is 5.79 Å². The zero-order valence-electron chi connectivity index (χ0n) is 10.2. The van der Waals surface area contributed by atoms with Gasteiger partial charge >= 0.3 is 0 Å². The van der Waals surface area contributed by atoms with Crippen LogP contribution in [0.5, 0.6) is 11.5 Å². The highest BCUT2D eigenvalue weighted by Gasteiger charge is 2.34. The fourth-order valence-electron chi connectivity index (χ4n) is 2.39. The van der Waals surface area contributed by atoms with Gasteiger partial charge in [-0.25, -0.2) is 0 Å². The molecule has 2 heterocycles. The van der Waals surface area contributed by atoms with Crippen LogP contribution in [0.25, 0.3) is 12.2 Å². The van der Waals surface area contributed by atoms with Crippen molar-refractivity contribution < 1.29 is 9.47 Å². The molecule has 0 fully saturated rings. The van der Waals surface area contributed by atoms with E-state index >= 15 is 0 Å². The minimum Gasteiger partial charge on any atom is -0.445 e. The molecule has 0 saturated carbocycles. The minimum absolute atomic E-state index is 0.817. The standard InChI is InChI=1S/C17H12O2/c1-3-7-15-13(5-1)9-11-17(18-15)12-10-14-6-2-4-8-16(14)19-17/h1-12H. The summed E-state index contributed by atoms with van der Waals surface area (Å²) in [4.78, 5) is 0. The summed E-state index contributed by atoms with van der Waals surface area (Å²) < 4.78 is 12.0. The second kappa shape index (κ2) is 3.75. The van der Waals surface area contributed by atoms with E-state index in [4.69, 9.17) is 9.47 Å². The highest BCUT2D eigenvalue weighted by molar-refractivity contribution is 5.66. The van der Waals surface area contributed by atoms with Crippen LogP contribution in [0, 0.1) is 0 Å². The van der Waals surface area contributed by atoms with Gasteiger partial charge in [-0.05, 0) is 24.3 Å². The third kappa shape index (κ3) is 1.65. The SMILES string of the molecule is C1=CC2(C=Cc3ccccc3O2)Oc2ccccc21. The third-order valence-electron chi connectivity index (χ3n) is 3.37. The maximum Gasteiger partial charge on any atom is 0.291 e. The Labute approximate surface area is 111 Å². The first-order valence-electron chi connectivity index (χ1n) is 6.29. The number of para-hydroxylation sites is 2. The first-order chi connectivity index (χ1) is 9.35. The van der Waals surface area contributed by atoms with Crippen LogP contribution < -0.4 is 9.47 Å². The average molecular weight is 248 g/mol. The van der Waals surface area contributed by atoms with Crippen molar-refractivity contribution in [1.29, 1.82) is 0 Å². The van der Waals surface area contributed by atoms with Gasteiger partial charge in [-0.15, -0.1) is 0 Å². The predicted molar refractivity (Wildman–Crippen MR) is 74.9 cm³/mol. The molecule has 0 aliphatic carbocycles. The largest absolute Gasteiger partial charge is 0.445 e. The van der Waals surface area contributed by atoms with E-state index in [2.05, 4.69) is 0 Å². The molecule has 2 aromatic carbocycles. The van der Waals surface area contributed by atoms with E-state index < -0.39 is 5.79 Å². The van der Waals surface area contributed by atoms with Crippen molar-refractivity contribution in [3.63, 3.8) is 0 Å². The van der Waals surface area contributed by atoms with Crippen LogP contribution in [0.15, 0.2) is 60.7 Å². The Bertz CT molecular complexity index is 636. The van der Waals surface area contributed by atoms with Gasteiger partial charge in [0.2, 0.25) is 0 Å². The summed E-state index contributed by atoms with van der Waals surface area (Å²) in [5.74, 6) is 0.867. The van der Waals surface area contributed by atoms with Gasteiger partial charge in [0.1, 0.15) is 11.5 Å². The quantitative estimate of drug-likeness (QED) is 0.704. The van der Waals surface area contributed by atoms with Gasteiger partial charge in [0.05, 0.1) is 0 Å². The second-order valence-corrected chi connectivity index (χ2v) is 4.67. The first kappa shape index (κ1) is 10.4. The van der Waals surface area contributed by atoms with E-state index in [1.54, 1.807) is 0 Å². The van der Waals surface area contributed by atoms with E-state index in [0.717, 1.165) is 22.6 Å². The molecule has 1 spiro atoms. The molecule has 0 radical (unpaired) electrons. The van der Waals surface area contributed by atoms with Gasteiger partial charge in [-0.2, -0.15) is 0 Å². The van der Waals surface area contributed by atoms with Crippen molar-refractivity contribution in [2.45, 2.75) is 5.79 Å². The molecule has 0 bridgehead atoms. The molecule has 2 heteroatoms. The molecule has 2 nitrogen and oxygen atoms in total. The Kier molecular flexibility index (Phi) is 2.06. The van der Waals surface area contributed by atoms with Crippen LogP contribution in [0.4, 0.5) is 0 Å². The van der Waals surface area contributed by atoms with Gasteiger partial charge in [0.25, 0.3) is 5.79 Å². The Morgan fingerprint density at radius 1 is 0.632 bits per heavy atom. The van der Waals surface area contributed by atoms with E-state index in [1.165, 1.54) is 0 Å². The number of fused-ring (bicyclic) bond motifs is 2. The molecule has 2 aromatic rings. The van der Waals surface area contributed by atoms with E-state index in [-0.39, 0.29) is 0 Å². The van der Waals surface area contributed by atoms with Crippen molar-refractivity contribution >= 4 is 12.2 Å². The fraction of sp³-hybridized carbons (Fsp3) is 0.0588. The van der Waals surface area contributed by atoms with Crippen molar-refractivity contribution in [3.8, 4) is 11.5 Å². The van der Waals surface area contributed by atoms with Gasteiger partial charge in [-0.1, -0.05) is 36.4 Å². The Hall–Kier alpha value is -2.48. The van der Waals surface area contributed by atoms with Crippen LogP contribution >= 0.6 is 0 Å². The Morgan fingerprint density at radius 2 is 1.11 bits per heavy atom. The monoisotopic (exact) mass is 248 g/mol. The molecule has 0 unspecified atom stereocenters. The zero-order chi connectivity index (χ0) is 12.7. The smallest absolute Gasteiger partial charge is 0.291 e. The highest BCUT2D eigenvalue weighted by atomic mass is 16.7. The van der Waals surface area contributed by atoms with Crippen molar-refractivity contribution in [1.82, 2.24) is 0 Å². The van der Waals surface area contributed by atoms with Gasteiger partial charge in [0.15, 0.2) is 0 Å². The average Bonchev–Trinajstić information content (AvgIpc) is 2.47. The lowest BCUT2D eigenvalue weighted by atomic mass is 10.0. The highest BCUT2D eigenvalue weighted by Crippen LogP contribution is 2.37. The molecule has 2 aliphatic heterocycles. The van der Waals surface area contributed by atoms with E-state index in [0.29, 0.717) is 0 Å². The number of ether oxygens (including phenoxy) is 2. The number of hydrogen-bond acceptors (Lipinski definition) is 2. The van der Waals surface area contributed by atoms with E-state index in [1.807, 2.05) is 72.8 Å². The molecule has 0 atom stereocenters. The summed E-state index contributed by atoms with van der Waals surface area (Å²) in [5, 5.41) is 0. The normalized spacial score (nSPS) is 17.3. The summed E-state index contributed by atoms with van der Waals surface area (Å²) in [6.45, 7) is 0. The van der Waals surface area contributed by atoms with Crippen LogP contribution in [0.1, 0.15) is 11.1 Å². The number of hydrogen-bond donors (Lipinski definition) is 0. The van der Waals surface area contributed by atoms with Crippen LogP contribution in [0.2, 0.25) is 0 Å². The topological polar surface area (TPSA) is 18.5 Å². The maximum absolute atomic E-state index is 6.02. The second-order valence-electron chi connectivity index (χ2n) is 4.67. The summed E-state index contributed by atoms with van der Waals surface area (Å²) in [6.07, 6.45) is 7.97. The molecule has 19 heavy (non-hydrogen) atoms. The van der Waals surface area contributed by atoms with E-state index in [9.17, 15) is 0 Å². The summed E-state index contributed by atoms with van der Waals surface area (Å²) in [7, 11) is 0. The summed E-state index contributed by atoms with van der Waals surface area (Å²) in [5.41, 5.74) is 2.15. The summed E-state index contributed by atoms with van der Waals surface area (Å²) >= 11 is 0. The molecule has 0 aromatic heterocycles. The van der Waals surface area contributed by atoms with Gasteiger partial charge in [-0.3, -0.25) is 0 Å². The van der Waals surface area contributed by atoms with Crippen LogP contribution in [-0.2, 0) is 0 Å². The molecule has 4 rings (SSSR count). The van der Waals surface area contributed by atoms with Crippen molar-refractivity contribution in [2.24, 2.45) is 0 Å². The van der Waals surface area contributed by atoms with Crippen LogP contribution in [0.3, 0.4) is 0 Å². The Morgan fingerprint density at radius 3 is 1.63 bits per heavy atom. The van der Waals surface area contributed by atoms with Gasteiger partial charge < -0.3 is 9.47 Å². The lowest BCUT2D eigenvalue weighted by Crippen LogP contribution is -2.41. The third-order valence-corrected chi connectivity index (χ3v) is 3.37. The molecule has 0 saturated heterocycles. The first-order valence-corrected chi connectivity index (χ1v) is 6.29. The number of rotatable bonds is 0. The molecule has 0 N–H and O–H groups in total. The molecular formula is C17H12O2. The predicted octanol–water partition coefficient (Wildman–Crippen LogP) is 3.89. The minimum atomic E-state index is -0.817. The Balaban J connectivity index is 1.76. The number of benzene rings is 2. The summed E-state index contributed by atoms with van der Waals surface area (Å²) in [6, 6.07) is 15.9.